The van der Waals surface area contributed by atoms with Gasteiger partial charge in [0.05, 0.1) is 25.9 Å². The number of aryl methyl sites for hydroxylation is 1. The number of halogens is 1. The highest BCUT2D eigenvalue weighted by molar-refractivity contribution is 9.10. The van der Waals surface area contributed by atoms with Crippen LogP contribution in [0.3, 0.4) is 0 Å². The minimum absolute atomic E-state index is 0.0151. The molecule has 0 aliphatic rings. The molecule has 0 saturated heterocycles. The monoisotopic (exact) mass is 546 g/mol. The number of methoxy groups -OCH3 is 2. The molecule has 0 saturated carbocycles. The molecule has 0 aliphatic carbocycles. The Labute approximate surface area is 208 Å². The molecule has 1 amide bonds. The molecule has 3 aromatic carbocycles. The Morgan fingerprint density at radius 1 is 1.03 bits per heavy atom. The molecule has 9 heteroatoms. The van der Waals surface area contributed by atoms with Crippen LogP contribution in [-0.2, 0) is 14.8 Å². The SMILES string of the molecule is COc1ccc(N(CC(=O)N[C@@H](C)c2cccc(Br)c2)S(=O)(=O)c2cc(C)ccc2OC)cc1. The molecular formula is C25H27BrN2O5S. The third kappa shape index (κ3) is 5.90. The molecule has 0 aromatic heterocycles. The van der Waals surface area contributed by atoms with Gasteiger partial charge in [0.15, 0.2) is 0 Å². The van der Waals surface area contributed by atoms with E-state index in [9.17, 15) is 13.2 Å². The molecule has 0 unspecified atom stereocenters. The average molecular weight is 547 g/mol. The fraction of sp³-hybridized carbons (Fsp3) is 0.240. The van der Waals surface area contributed by atoms with Crippen LogP contribution in [0.2, 0.25) is 0 Å². The van der Waals surface area contributed by atoms with E-state index >= 15 is 0 Å². The molecule has 3 rings (SSSR count). The Hall–Kier alpha value is -3.04. The number of amides is 1. The van der Waals surface area contributed by atoms with Crippen LogP contribution in [0.4, 0.5) is 5.69 Å². The molecule has 1 N–H and O–H groups in total. The molecular weight excluding hydrogens is 520 g/mol. The second kappa shape index (κ2) is 10.9. The Morgan fingerprint density at radius 2 is 1.74 bits per heavy atom. The van der Waals surface area contributed by atoms with Crippen molar-refractivity contribution in [2.45, 2.75) is 24.8 Å². The lowest BCUT2D eigenvalue weighted by Crippen LogP contribution is -2.41. The Morgan fingerprint density at radius 3 is 2.35 bits per heavy atom. The third-order valence-electron chi connectivity index (χ3n) is 5.26. The van der Waals surface area contributed by atoms with E-state index in [0.29, 0.717) is 11.4 Å². The number of nitrogens with zero attached hydrogens (tertiary/aromatic N) is 1. The van der Waals surface area contributed by atoms with Crippen LogP contribution >= 0.6 is 15.9 Å². The Balaban J connectivity index is 1.97. The lowest BCUT2D eigenvalue weighted by atomic mass is 10.1. The summed E-state index contributed by atoms with van der Waals surface area (Å²) in [6.45, 7) is 3.22. The number of sulfonamides is 1. The number of ether oxygens (including phenoxy) is 2. The first-order chi connectivity index (χ1) is 16.1. The summed E-state index contributed by atoms with van der Waals surface area (Å²) in [7, 11) is -1.21. The zero-order chi connectivity index (χ0) is 24.9. The van der Waals surface area contributed by atoms with E-state index in [4.69, 9.17) is 9.47 Å². The predicted molar refractivity (Wildman–Crippen MR) is 136 cm³/mol. The summed E-state index contributed by atoms with van der Waals surface area (Å²) >= 11 is 3.43. The van der Waals surface area contributed by atoms with Gasteiger partial charge in [0.2, 0.25) is 5.91 Å². The highest BCUT2D eigenvalue weighted by atomic mass is 79.9. The third-order valence-corrected chi connectivity index (χ3v) is 7.55. The summed E-state index contributed by atoms with van der Waals surface area (Å²) < 4.78 is 40.0. The van der Waals surface area contributed by atoms with Crippen LogP contribution < -0.4 is 19.1 Å². The van der Waals surface area contributed by atoms with Gasteiger partial charge in [0.1, 0.15) is 22.9 Å². The van der Waals surface area contributed by atoms with Crippen LogP contribution in [0.1, 0.15) is 24.1 Å². The number of anilines is 1. The molecule has 0 heterocycles. The van der Waals surface area contributed by atoms with Crippen LogP contribution in [0.15, 0.2) is 76.1 Å². The van der Waals surface area contributed by atoms with Crippen molar-refractivity contribution >= 4 is 37.5 Å². The minimum Gasteiger partial charge on any atom is -0.497 e. The van der Waals surface area contributed by atoms with Gasteiger partial charge in [-0.15, -0.1) is 0 Å². The molecule has 3 aromatic rings. The van der Waals surface area contributed by atoms with Gasteiger partial charge in [-0.2, -0.15) is 0 Å². The van der Waals surface area contributed by atoms with Gasteiger partial charge in [0, 0.05) is 4.47 Å². The van der Waals surface area contributed by atoms with E-state index in [-0.39, 0.29) is 16.7 Å². The Bertz CT molecular complexity index is 1260. The van der Waals surface area contributed by atoms with E-state index in [1.807, 2.05) is 31.2 Å². The number of benzene rings is 3. The van der Waals surface area contributed by atoms with Gasteiger partial charge < -0.3 is 14.8 Å². The first-order valence-corrected chi connectivity index (χ1v) is 12.7. The van der Waals surface area contributed by atoms with Crippen LogP contribution in [0.5, 0.6) is 11.5 Å². The maximum atomic E-state index is 13.8. The largest absolute Gasteiger partial charge is 0.497 e. The van der Waals surface area contributed by atoms with Crippen molar-refractivity contribution in [2.75, 3.05) is 25.1 Å². The van der Waals surface area contributed by atoms with E-state index in [1.165, 1.54) is 20.3 Å². The van der Waals surface area contributed by atoms with Crippen molar-refractivity contribution in [1.82, 2.24) is 5.32 Å². The number of carbonyl (C=O) groups is 1. The van der Waals surface area contributed by atoms with Crippen LogP contribution in [-0.4, -0.2) is 35.1 Å². The van der Waals surface area contributed by atoms with Gasteiger partial charge in [0.25, 0.3) is 10.0 Å². The van der Waals surface area contributed by atoms with Gasteiger partial charge in [-0.25, -0.2) is 8.42 Å². The molecule has 0 radical (unpaired) electrons. The Kier molecular flexibility index (Phi) is 8.22. The number of carbonyl (C=O) groups excluding carboxylic acids is 1. The van der Waals surface area contributed by atoms with Gasteiger partial charge in [-0.3, -0.25) is 9.10 Å². The first kappa shape index (κ1) is 25.6. The normalized spacial score (nSPS) is 12.0. The lowest BCUT2D eigenvalue weighted by molar-refractivity contribution is -0.120. The second-order valence-corrected chi connectivity index (χ2v) is 10.5. The first-order valence-electron chi connectivity index (χ1n) is 10.5. The number of hydrogen-bond donors (Lipinski definition) is 1. The molecule has 34 heavy (non-hydrogen) atoms. The predicted octanol–water partition coefficient (Wildman–Crippen LogP) is 4.85. The van der Waals surface area contributed by atoms with Crippen molar-refractivity contribution < 1.29 is 22.7 Å². The van der Waals surface area contributed by atoms with E-state index < -0.39 is 22.5 Å². The van der Waals surface area contributed by atoms with E-state index in [2.05, 4.69) is 21.2 Å². The zero-order valence-corrected chi connectivity index (χ0v) is 21.8. The molecule has 1 atom stereocenters. The number of nitrogens with one attached hydrogen (secondary N) is 1. The topological polar surface area (TPSA) is 84.9 Å². The fourth-order valence-electron chi connectivity index (χ4n) is 3.44. The number of hydrogen-bond acceptors (Lipinski definition) is 5. The highest BCUT2D eigenvalue weighted by Crippen LogP contribution is 2.31. The minimum atomic E-state index is -4.14. The van der Waals surface area contributed by atoms with Crippen molar-refractivity contribution in [2.24, 2.45) is 0 Å². The van der Waals surface area contributed by atoms with Crippen molar-refractivity contribution in [3.05, 3.63) is 82.3 Å². The molecule has 0 fully saturated rings. The fourth-order valence-corrected chi connectivity index (χ4v) is 5.53. The summed E-state index contributed by atoms with van der Waals surface area (Å²) in [6, 6.07) is 18.6. The molecule has 7 nitrogen and oxygen atoms in total. The molecule has 180 valence electrons. The quantitative estimate of drug-likeness (QED) is 0.414. The van der Waals surface area contributed by atoms with Crippen molar-refractivity contribution in [1.29, 1.82) is 0 Å². The standard InChI is InChI=1S/C25H27BrN2O5S/c1-17-8-13-23(33-4)24(14-17)34(30,31)28(21-9-11-22(32-3)12-10-21)16-25(29)27-18(2)19-6-5-7-20(26)15-19/h5-15,18H,16H2,1-4H3,(H,27,29)/t18-/m0/s1. The highest BCUT2D eigenvalue weighted by Gasteiger charge is 2.30. The summed E-state index contributed by atoms with van der Waals surface area (Å²) in [5.74, 6) is 0.326. The van der Waals surface area contributed by atoms with E-state index in [0.717, 1.165) is 19.9 Å². The summed E-state index contributed by atoms with van der Waals surface area (Å²) in [4.78, 5) is 13.0. The maximum absolute atomic E-state index is 13.8. The van der Waals surface area contributed by atoms with Crippen molar-refractivity contribution in [3.8, 4) is 11.5 Å². The zero-order valence-electron chi connectivity index (χ0n) is 19.4. The van der Waals surface area contributed by atoms with Gasteiger partial charge in [-0.1, -0.05) is 34.1 Å². The maximum Gasteiger partial charge on any atom is 0.268 e. The van der Waals surface area contributed by atoms with Gasteiger partial charge >= 0.3 is 0 Å². The molecule has 0 aliphatic heterocycles. The average Bonchev–Trinajstić information content (AvgIpc) is 2.82. The van der Waals surface area contributed by atoms with Crippen LogP contribution in [0, 0.1) is 6.92 Å². The summed E-state index contributed by atoms with van der Waals surface area (Å²) in [5, 5.41) is 2.89. The smallest absolute Gasteiger partial charge is 0.268 e. The summed E-state index contributed by atoms with van der Waals surface area (Å²) in [6.07, 6.45) is 0. The second-order valence-electron chi connectivity index (χ2n) is 7.71. The van der Waals surface area contributed by atoms with Gasteiger partial charge in [-0.05, 0) is 73.5 Å². The molecule has 0 bridgehead atoms. The van der Waals surface area contributed by atoms with E-state index in [1.54, 1.807) is 43.3 Å². The van der Waals surface area contributed by atoms with Crippen LogP contribution in [0.25, 0.3) is 0 Å². The number of rotatable bonds is 9. The lowest BCUT2D eigenvalue weighted by Gasteiger charge is -2.26. The van der Waals surface area contributed by atoms with Crippen molar-refractivity contribution in [3.63, 3.8) is 0 Å². The summed E-state index contributed by atoms with van der Waals surface area (Å²) in [5.41, 5.74) is 1.97. The molecule has 0 spiro atoms.